The number of aryl methyl sites for hydroxylation is 1. The summed E-state index contributed by atoms with van der Waals surface area (Å²) in [6.45, 7) is 2.41. The standard InChI is InChI=1S/C26H32ClN3O4S/c1-17-14-21(18-8-7-9-19(15-18)29-35(32,33)13-12-30(2)3)22(27)16-20(17)23-24(28)26(34-25(23)31)10-5-4-6-11-26/h7-9,14-16,29H,4-6,10-13,28H2,1-3H3/p+1. The van der Waals surface area contributed by atoms with E-state index in [0.717, 1.165) is 53.7 Å². The molecule has 1 saturated carbocycles. The van der Waals surface area contributed by atoms with Gasteiger partial charge in [0, 0.05) is 16.3 Å². The maximum Gasteiger partial charge on any atom is 0.341 e. The van der Waals surface area contributed by atoms with E-state index < -0.39 is 21.6 Å². The van der Waals surface area contributed by atoms with Gasteiger partial charge in [-0.25, -0.2) is 13.2 Å². The quantitative estimate of drug-likeness (QED) is 0.489. The molecule has 1 heterocycles. The van der Waals surface area contributed by atoms with Crippen LogP contribution in [0.5, 0.6) is 0 Å². The number of sulfonamides is 1. The molecular formula is C26H33ClN3O4S+. The molecule has 0 atom stereocenters. The van der Waals surface area contributed by atoms with Crippen molar-refractivity contribution in [3.05, 3.63) is 58.2 Å². The average molecular weight is 519 g/mol. The number of carbonyl (C=O) groups is 1. The van der Waals surface area contributed by atoms with Gasteiger partial charge in [-0.15, -0.1) is 0 Å². The maximum atomic E-state index is 12.9. The van der Waals surface area contributed by atoms with E-state index in [0.29, 0.717) is 34.1 Å². The van der Waals surface area contributed by atoms with Crippen LogP contribution in [0.25, 0.3) is 16.7 Å². The Labute approximate surface area is 212 Å². The Hall–Kier alpha value is -2.55. The fourth-order valence-corrected chi connectivity index (χ4v) is 6.40. The normalized spacial score (nSPS) is 17.8. The Balaban J connectivity index is 1.65. The molecule has 2 aliphatic rings. The second-order valence-electron chi connectivity index (χ2n) is 9.84. The minimum atomic E-state index is -3.47. The van der Waals surface area contributed by atoms with Crippen LogP contribution < -0.4 is 15.4 Å². The molecule has 0 radical (unpaired) electrons. The minimum Gasteiger partial charge on any atom is -0.449 e. The average Bonchev–Trinajstić information content (AvgIpc) is 3.03. The predicted molar refractivity (Wildman–Crippen MR) is 140 cm³/mol. The highest BCUT2D eigenvalue weighted by atomic mass is 35.5. The number of rotatable bonds is 7. The first-order chi connectivity index (χ1) is 16.5. The van der Waals surface area contributed by atoms with Gasteiger partial charge in [-0.05, 0) is 73.6 Å². The number of carbonyl (C=O) groups excluding carboxylic acids is 1. The number of quaternary nitrogens is 1. The van der Waals surface area contributed by atoms with Crippen LogP contribution in [0.2, 0.25) is 5.02 Å². The SMILES string of the molecule is Cc1cc(-c2cccc(NS(=O)(=O)CC[NH+](C)C)c2)c(Cl)cc1C1=C(N)C2(CCCCC2)OC1=O. The highest BCUT2D eigenvalue weighted by Gasteiger charge is 2.47. The van der Waals surface area contributed by atoms with Crippen molar-refractivity contribution in [1.82, 2.24) is 0 Å². The zero-order chi connectivity index (χ0) is 25.4. The first-order valence-corrected chi connectivity index (χ1v) is 14.0. The summed E-state index contributed by atoms with van der Waals surface area (Å²) in [4.78, 5) is 13.9. The molecule has 0 bridgehead atoms. The number of nitrogens with two attached hydrogens (primary N) is 1. The molecule has 0 unspecified atom stereocenters. The third-order valence-corrected chi connectivity index (χ3v) is 8.42. The highest BCUT2D eigenvalue weighted by molar-refractivity contribution is 7.92. The summed E-state index contributed by atoms with van der Waals surface area (Å²) in [5.74, 6) is -0.366. The van der Waals surface area contributed by atoms with E-state index in [4.69, 9.17) is 22.1 Å². The molecule has 2 aromatic carbocycles. The van der Waals surface area contributed by atoms with Crippen LogP contribution in [0.4, 0.5) is 5.69 Å². The summed E-state index contributed by atoms with van der Waals surface area (Å²) >= 11 is 6.70. The second-order valence-corrected chi connectivity index (χ2v) is 12.1. The van der Waals surface area contributed by atoms with Crippen LogP contribution in [0, 0.1) is 6.92 Å². The van der Waals surface area contributed by atoms with Gasteiger partial charge in [0.1, 0.15) is 5.75 Å². The van der Waals surface area contributed by atoms with E-state index >= 15 is 0 Å². The first kappa shape index (κ1) is 25.5. The number of esters is 1. The van der Waals surface area contributed by atoms with Crippen LogP contribution >= 0.6 is 11.6 Å². The summed E-state index contributed by atoms with van der Waals surface area (Å²) < 4.78 is 33.4. The van der Waals surface area contributed by atoms with Crippen molar-refractivity contribution in [2.45, 2.75) is 44.6 Å². The molecule has 4 N–H and O–H groups in total. The molecule has 9 heteroatoms. The summed E-state index contributed by atoms with van der Waals surface area (Å²) in [6, 6.07) is 10.8. The lowest BCUT2D eigenvalue weighted by Gasteiger charge is -2.32. The van der Waals surface area contributed by atoms with Crippen LogP contribution in [-0.4, -0.2) is 46.4 Å². The molecule has 0 saturated heterocycles. The fraction of sp³-hybridized carbons (Fsp3) is 0.423. The summed E-state index contributed by atoms with van der Waals surface area (Å²) in [5.41, 5.74) is 10.2. The molecule has 7 nitrogen and oxygen atoms in total. The van der Waals surface area contributed by atoms with E-state index in [1.165, 1.54) is 0 Å². The van der Waals surface area contributed by atoms with Gasteiger partial charge in [0.2, 0.25) is 10.0 Å². The number of benzene rings is 2. The van der Waals surface area contributed by atoms with E-state index in [1.807, 2.05) is 33.2 Å². The van der Waals surface area contributed by atoms with E-state index in [1.54, 1.807) is 24.3 Å². The molecule has 0 aromatic heterocycles. The monoisotopic (exact) mass is 518 g/mol. The smallest absolute Gasteiger partial charge is 0.341 e. The predicted octanol–water partition coefficient (Wildman–Crippen LogP) is 3.13. The molecular weight excluding hydrogens is 486 g/mol. The molecule has 35 heavy (non-hydrogen) atoms. The molecule has 2 aromatic rings. The van der Waals surface area contributed by atoms with Crippen molar-refractivity contribution in [1.29, 1.82) is 0 Å². The van der Waals surface area contributed by atoms with Gasteiger partial charge in [-0.1, -0.05) is 30.2 Å². The molecule has 188 valence electrons. The zero-order valence-electron chi connectivity index (χ0n) is 20.4. The third-order valence-electron chi connectivity index (χ3n) is 6.81. The lowest BCUT2D eigenvalue weighted by molar-refractivity contribution is -0.855. The molecule has 1 aliphatic heterocycles. The number of nitrogens with one attached hydrogen (secondary N) is 2. The lowest BCUT2D eigenvalue weighted by Crippen LogP contribution is -3.06. The largest absolute Gasteiger partial charge is 0.449 e. The van der Waals surface area contributed by atoms with E-state index in [2.05, 4.69) is 4.72 Å². The number of hydrogen-bond donors (Lipinski definition) is 3. The number of halogens is 1. The fourth-order valence-electron chi connectivity index (χ4n) is 4.86. The van der Waals surface area contributed by atoms with Gasteiger partial charge >= 0.3 is 5.97 Å². The minimum absolute atomic E-state index is 0.0300. The Morgan fingerprint density at radius 3 is 2.51 bits per heavy atom. The van der Waals surface area contributed by atoms with E-state index in [-0.39, 0.29) is 5.75 Å². The second kappa shape index (κ2) is 9.84. The summed E-state index contributed by atoms with van der Waals surface area (Å²) in [6.07, 6.45) is 4.58. The first-order valence-electron chi connectivity index (χ1n) is 12.0. The number of hydrogen-bond acceptors (Lipinski definition) is 5. The van der Waals surface area contributed by atoms with Crippen LogP contribution in [0.15, 0.2) is 42.1 Å². The number of ether oxygens (including phenoxy) is 1. The van der Waals surface area contributed by atoms with Gasteiger partial charge in [0.25, 0.3) is 0 Å². The molecule has 0 amide bonds. The van der Waals surface area contributed by atoms with Crippen molar-refractivity contribution in [3.63, 3.8) is 0 Å². The Morgan fingerprint density at radius 1 is 1.11 bits per heavy atom. The van der Waals surface area contributed by atoms with Crippen molar-refractivity contribution in [2.75, 3.05) is 31.1 Å². The lowest BCUT2D eigenvalue weighted by atomic mass is 9.81. The van der Waals surface area contributed by atoms with Crippen LogP contribution in [0.3, 0.4) is 0 Å². The molecule has 1 fully saturated rings. The van der Waals surface area contributed by atoms with Crippen molar-refractivity contribution in [2.24, 2.45) is 5.73 Å². The Kier molecular flexibility index (Phi) is 7.18. The van der Waals surface area contributed by atoms with Crippen molar-refractivity contribution < 1.29 is 22.8 Å². The highest BCUT2D eigenvalue weighted by Crippen LogP contribution is 2.45. The van der Waals surface area contributed by atoms with Crippen molar-refractivity contribution >= 4 is 38.9 Å². The topological polar surface area (TPSA) is 103 Å². The van der Waals surface area contributed by atoms with Gasteiger partial charge < -0.3 is 15.4 Å². The molecule has 1 spiro atoms. The van der Waals surface area contributed by atoms with Gasteiger partial charge in [-0.2, -0.15) is 0 Å². The number of anilines is 1. The van der Waals surface area contributed by atoms with Crippen LogP contribution in [0.1, 0.15) is 43.2 Å². The molecule has 1 aliphatic carbocycles. The third kappa shape index (κ3) is 5.34. The van der Waals surface area contributed by atoms with Crippen molar-refractivity contribution in [3.8, 4) is 11.1 Å². The molecule has 4 rings (SSSR count). The van der Waals surface area contributed by atoms with Gasteiger partial charge in [0.05, 0.1) is 31.9 Å². The summed E-state index contributed by atoms with van der Waals surface area (Å²) in [5, 5.41) is 0.444. The maximum absolute atomic E-state index is 12.9. The summed E-state index contributed by atoms with van der Waals surface area (Å²) in [7, 11) is 0.356. The Morgan fingerprint density at radius 2 is 1.83 bits per heavy atom. The van der Waals surface area contributed by atoms with Crippen LogP contribution in [-0.2, 0) is 19.6 Å². The Bertz CT molecular complexity index is 1280. The van der Waals surface area contributed by atoms with Gasteiger partial charge in [-0.3, -0.25) is 4.72 Å². The zero-order valence-corrected chi connectivity index (χ0v) is 22.0. The van der Waals surface area contributed by atoms with E-state index in [9.17, 15) is 13.2 Å². The van der Waals surface area contributed by atoms with Gasteiger partial charge in [0.15, 0.2) is 5.60 Å².